The second kappa shape index (κ2) is 12.9. The molecule has 0 spiro atoms. The van der Waals surface area contributed by atoms with Gasteiger partial charge in [-0.25, -0.2) is 0 Å². The molecule has 1 aliphatic heterocycles. The Hall–Kier alpha value is -3.65. The van der Waals surface area contributed by atoms with Gasteiger partial charge in [-0.15, -0.1) is 12.8 Å². The van der Waals surface area contributed by atoms with Crippen LogP contribution in [0.4, 0.5) is 5.69 Å². The zero-order chi connectivity index (χ0) is 26.1. The van der Waals surface area contributed by atoms with E-state index in [4.69, 9.17) is 21.4 Å². The van der Waals surface area contributed by atoms with Crippen molar-refractivity contribution in [3.05, 3.63) is 47.0 Å². The van der Waals surface area contributed by atoms with Crippen LogP contribution in [0.15, 0.2) is 36.4 Å². The summed E-state index contributed by atoms with van der Waals surface area (Å²) in [6.07, 6.45) is 13.2. The number of nitrogens with zero attached hydrogens (tertiary/aromatic N) is 2. The molecule has 2 fully saturated rings. The first-order valence-electron chi connectivity index (χ1n) is 11.9. The van der Waals surface area contributed by atoms with E-state index in [1.807, 2.05) is 24.3 Å². The number of rotatable bonds is 3. The fourth-order valence-electron chi connectivity index (χ4n) is 4.56. The fourth-order valence-corrected chi connectivity index (χ4v) is 4.83. The van der Waals surface area contributed by atoms with Gasteiger partial charge < -0.3 is 24.8 Å². The standard InChI is InChI=1S/C19H16ClN3O2.C7H12O2.C2H2/c20-17-10-18-15(16(11-21)19(24)22-18)9-14(17)12-1-3-13(4-2-12)23-5-7-25-8-6-23;8-7(9)6-4-2-1-3-5-6;1-2/h1-4,9-10,22,24H,5-8H2;6H,1-5H2,(H,8,9);1-2H. The zero-order valence-corrected chi connectivity index (χ0v) is 20.8. The maximum atomic E-state index is 10.4. The van der Waals surface area contributed by atoms with Crippen molar-refractivity contribution in [2.24, 2.45) is 5.92 Å². The van der Waals surface area contributed by atoms with Gasteiger partial charge in [0.1, 0.15) is 11.6 Å². The molecule has 1 aliphatic carbocycles. The molecule has 3 aromatic rings. The molecule has 8 heteroatoms. The number of carbonyl (C=O) groups is 1. The number of morpholine rings is 1. The van der Waals surface area contributed by atoms with Crippen molar-refractivity contribution in [2.45, 2.75) is 32.1 Å². The van der Waals surface area contributed by atoms with Crippen molar-refractivity contribution in [2.75, 3.05) is 31.2 Å². The van der Waals surface area contributed by atoms with E-state index in [1.54, 1.807) is 6.07 Å². The Kier molecular flexibility index (Phi) is 9.64. The molecule has 2 aromatic carbocycles. The molecule has 188 valence electrons. The van der Waals surface area contributed by atoms with Crippen LogP contribution in [-0.4, -0.2) is 47.5 Å². The lowest BCUT2D eigenvalue weighted by Gasteiger charge is -2.29. The van der Waals surface area contributed by atoms with Crippen LogP contribution in [0, 0.1) is 30.1 Å². The Morgan fingerprint density at radius 1 is 1.11 bits per heavy atom. The average Bonchev–Trinajstić information content (AvgIpc) is 3.24. The van der Waals surface area contributed by atoms with Gasteiger partial charge in [-0.3, -0.25) is 4.79 Å². The van der Waals surface area contributed by atoms with Crippen LogP contribution in [0.2, 0.25) is 5.02 Å². The van der Waals surface area contributed by atoms with E-state index in [2.05, 4.69) is 34.9 Å². The minimum absolute atomic E-state index is 0.0289. The van der Waals surface area contributed by atoms with Gasteiger partial charge in [0.2, 0.25) is 5.88 Å². The second-order valence-corrected chi connectivity index (χ2v) is 9.06. The number of aromatic hydroxyl groups is 1. The third-order valence-corrected chi connectivity index (χ3v) is 6.80. The number of benzene rings is 2. The summed E-state index contributed by atoms with van der Waals surface area (Å²) in [5.41, 5.74) is 3.83. The number of terminal acetylenes is 1. The first-order valence-corrected chi connectivity index (χ1v) is 12.3. The third kappa shape index (κ3) is 6.31. The summed E-state index contributed by atoms with van der Waals surface area (Å²) in [5.74, 6) is -0.762. The highest BCUT2D eigenvalue weighted by atomic mass is 35.5. The molecule has 0 radical (unpaired) electrons. The van der Waals surface area contributed by atoms with Gasteiger partial charge in [0.25, 0.3) is 0 Å². The minimum Gasteiger partial charge on any atom is -0.494 e. The molecule has 7 nitrogen and oxygen atoms in total. The van der Waals surface area contributed by atoms with Gasteiger partial charge in [-0.2, -0.15) is 5.26 Å². The van der Waals surface area contributed by atoms with E-state index < -0.39 is 5.97 Å². The normalized spacial score (nSPS) is 15.7. The molecule has 2 heterocycles. The SMILES string of the molecule is C#C.N#Cc1c(O)[nH]c2cc(Cl)c(-c3ccc(N4CCOCC4)cc3)cc12.O=C(O)C1CCCCC1. The highest BCUT2D eigenvalue weighted by molar-refractivity contribution is 6.34. The van der Waals surface area contributed by atoms with Crippen LogP contribution in [0.3, 0.4) is 0 Å². The topological polar surface area (TPSA) is 110 Å². The van der Waals surface area contributed by atoms with Crippen molar-refractivity contribution in [3.8, 4) is 35.9 Å². The van der Waals surface area contributed by atoms with Crippen LogP contribution in [0.25, 0.3) is 22.0 Å². The molecular formula is C28H30ClN3O4. The number of nitrogens with one attached hydrogen (secondary N) is 1. The summed E-state index contributed by atoms with van der Waals surface area (Å²) >= 11 is 6.42. The summed E-state index contributed by atoms with van der Waals surface area (Å²) in [4.78, 5) is 15.4. The van der Waals surface area contributed by atoms with Gasteiger partial charge in [-0.05, 0) is 42.7 Å². The summed E-state index contributed by atoms with van der Waals surface area (Å²) < 4.78 is 5.39. The van der Waals surface area contributed by atoms with Crippen molar-refractivity contribution in [3.63, 3.8) is 0 Å². The number of aromatic amines is 1. The summed E-state index contributed by atoms with van der Waals surface area (Å²) in [5, 5.41) is 28.8. The molecular weight excluding hydrogens is 478 g/mol. The lowest BCUT2D eigenvalue weighted by Crippen LogP contribution is -2.36. The van der Waals surface area contributed by atoms with Crippen LogP contribution in [0.1, 0.15) is 37.7 Å². The Bertz CT molecular complexity index is 1230. The van der Waals surface area contributed by atoms with Gasteiger partial charge >= 0.3 is 5.97 Å². The van der Waals surface area contributed by atoms with E-state index >= 15 is 0 Å². The molecule has 0 bridgehead atoms. The molecule has 1 saturated heterocycles. The molecule has 1 saturated carbocycles. The Morgan fingerprint density at radius 2 is 1.75 bits per heavy atom. The number of hydrogen-bond acceptors (Lipinski definition) is 5. The average molecular weight is 508 g/mol. The molecule has 0 atom stereocenters. The monoisotopic (exact) mass is 507 g/mol. The van der Waals surface area contributed by atoms with Gasteiger partial charge in [0.05, 0.1) is 29.7 Å². The number of carboxylic acids is 1. The summed E-state index contributed by atoms with van der Waals surface area (Å²) in [6.45, 7) is 3.27. The van der Waals surface area contributed by atoms with Crippen molar-refractivity contribution < 1.29 is 19.7 Å². The van der Waals surface area contributed by atoms with Gasteiger partial charge in [0.15, 0.2) is 0 Å². The minimum atomic E-state index is -0.602. The number of hydrogen-bond donors (Lipinski definition) is 3. The van der Waals surface area contributed by atoms with Crippen molar-refractivity contribution >= 4 is 34.2 Å². The molecule has 0 unspecified atom stereocenters. The number of anilines is 1. The summed E-state index contributed by atoms with van der Waals surface area (Å²) in [6, 6.07) is 13.8. The number of H-pyrrole nitrogens is 1. The lowest BCUT2D eigenvalue weighted by molar-refractivity contribution is -0.142. The Balaban J connectivity index is 0.000000276. The van der Waals surface area contributed by atoms with Crippen LogP contribution >= 0.6 is 11.6 Å². The first-order chi connectivity index (χ1) is 17.5. The highest BCUT2D eigenvalue weighted by Crippen LogP contribution is 2.36. The number of halogens is 1. The summed E-state index contributed by atoms with van der Waals surface area (Å²) in [7, 11) is 0. The lowest BCUT2D eigenvalue weighted by atomic mass is 9.90. The third-order valence-electron chi connectivity index (χ3n) is 6.49. The Labute approximate surface area is 216 Å². The molecule has 1 aromatic heterocycles. The van der Waals surface area contributed by atoms with Crippen molar-refractivity contribution in [1.29, 1.82) is 5.26 Å². The predicted octanol–water partition coefficient (Wildman–Crippen LogP) is 5.80. The van der Waals surface area contributed by atoms with E-state index in [1.165, 1.54) is 6.42 Å². The van der Waals surface area contributed by atoms with Gasteiger partial charge in [0, 0.05) is 29.7 Å². The molecule has 2 aliphatic rings. The maximum absolute atomic E-state index is 10.4. The molecule has 0 amide bonds. The Morgan fingerprint density at radius 3 is 2.31 bits per heavy atom. The predicted molar refractivity (Wildman–Crippen MR) is 142 cm³/mol. The van der Waals surface area contributed by atoms with E-state index in [-0.39, 0.29) is 17.4 Å². The van der Waals surface area contributed by atoms with E-state index in [0.29, 0.717) is 15.9 Å². The van der Waals surface area contributed by atoms with E-state index in [9.17, 15) is 15.2 Å². The largest absolute Gasteiger partial charge is 0.494 e. The highest BCUT2D eigenvalue weighted by Gasteiger charge is 2.19. The molecule has 3 N–H and O–H groups in total. The van der Waals surface area contributed by atoms with E-state index in [0.717, 1.165) is 68.8 Å². The van der Waals surface area contributed by atoms with Gasteiger partial charge in [-0.1, -0.05) is 43.0 Å². The smallest absolute Gasteiger partial charge is 0.306 e. The maximum Gasteiger partial charge on any atom is 0.306 e. The van der Waals surface area contributed by atoms with Crippen LogP contribution in [0.5, 0.6) is 5.88 Å². The second-order valence-electron chi connectivity index (χ2n) is 8.66. The number of carboxylic acid groups (broad SMARTS) is 1. The number of aromatic nitrogens is 1. The fraction of sp³-hybridized carbons (Fsp3) is 0.357. The number of aliphatic carboxylic acids is 1. The number of fused-ring (bicyclic) bond motifs is 1. The number of nitriles is 1. The molecule has 5 rings (SSSR count). The van der Waals surface area contributed by atoms with Crippen LogP contribution in [-0.2, 0) is 9.53 Å². The zero-order valence-electron chi connectivity index (χ0n) is 20.0. The molecule has 36 heavy (non-hydrogen) atoms. The number of ether oxygens (including phenoxy) is 1. The quantitative estimate of drug-likeness (QED) is 0.386. The van der Waals surface area contributed by atoms with Crippen LogP contribution < -0.4 is 4.90 Å². The van der Waals surface area contributed by atoms with Crippen molar-refractivity contribution in [1.82, 2.24) is 4.98 Å². The first kappa shape index (κ1) is 26.9.